The lowest BCUT2D eigenvalue weighted by atomic mass is 9.78. The zero-order valence-electron chi connectivity index (χ0n) is 11.6. The Morgan fingerprint density at radius 3 is 2.37 bits per heavy atom. The fraction of sp³-hybridized carbons (Fsp3) is 0.562. The molecule has 3 heteroatoms. The minimum absolute atomic E-state index is 0.220. The number of anilines is 1. The Labute approximate surface area is 115 Å². The largest absolute Gasteiger partial charge is 0.478 e. The molecule has 0 heterocycles. The Morgan fingerprint density at radius 2 is 1.84 bits per heavy atom. The van der Waals surface area contributed by atoms with Crippen LogP contribution >= 0.6 is 0 Å². The summed E-state index contributed by atoms with van der Waals surface area (Å²) in [6, 6.07) is 7.12. The monoisotopic (exact) mass is 261 g/mol. The number of carbonyl (C=O) groups is 1. The van der Waals surface area contributed by atoms with E-state index in [-0.39, 0.29) is 5.54 Å². The van der Waals surface area contributed by atoms with E-state index < -0.39 is 5.97 Å². The van der Waals surface area contributed by atoms with Gasteiger partial charge in [0.05, 0.1) is 5.56 Å². The van der Waals surface area contributed by atoms with Crippen molar-refractivity contribution in [3.8, 4) is 0 Å². The summed E-state index contributed by atoms with van der Waals surface area (Å²) in [7, 11) is 0. The molecule has 0 aromatic heterocycles. The first-order valence-corrected chi connectivity index (χ1v) is 7.27. The van der Waals surface area contributed by atoms with Gasteiger partial charge in [-0.3, -0.25) is 0 Å². The van der Waals surface area contributed by atoms with Crippen LogP contribution in [-0.4, -0.2) is 16.6 Å². The van der Waals surface area contributed by atoms with E-state index in [0.29, 0.717) is 5.56 Å². The normalized spacial score (nSPS) is 17.9. The van der Waals surface area contributed by atoms with E-state index in [1.54, 1.807) is 12.1 Å². The van der Waals surface area contributed by atoms with Gasteiger partial charge in [0, 0.05) is 11.2 Å². The van der Waals surface area contributed by atoms with Gasteiger partial charge in [-0.05, 0) is 43.5 Å². The van der Waals surface area contributed by atoms with Crippen molar-refractivity contribution >= 4 is 11.7 Å². The Balaban J connectivity index is 2.10. The van der Waals surface area contributed by atoms with Crippen LogP contribution in [0.1, 0.15) is 62.2 Å². The number of aromatic carboxylic acids is 1. The van der Waals surface area contributed by atoms with Gasteiger partial charge in [-0.1, -0.05) is 32.6 Å². The molecule has 0 bridgehead atoms. The van der Waals surface area contributed by atoms with Crippen LogP contribution in [0, 0.1) is 0 Å². The molecule has 0 saturated heterocycles. The average Bonchev–Trinajstić information content (AvgIpc) is 2.40. The highest BCUT2D eigenvalue weighted by molar-refractivity contribution is 5.88. The van der Waals surface area contributed by atoms with Gasteiger partial charge in [0.1, 0.15) is 0 Å². The van der Waals surface area contributed by atoms with Crippen LogP contribution in [0.2, 0.25) is 0 Å². The van der Waals surface area contributed by atoms with Crippen molar-refractivity contribution in [1.82, 2.24) is 0 Å². The van der Waals surface area contributed by atoms with E-state index in [4.69, 9.17) is 5.11 Å². The Morgan fingerprint density at radius 1 is 1.21 bits per heavy atom. The average molecular weight is 261 g/mol. The molecule has 104 valence electrons. The van der Waals surface area contributed by atoms with Crippen LogP contribution in [-0.2, 0) is 0 Å². The summed E-state index contributed by atoms with van der Waals surface area (Å²) in [5, 5.41) is 12.6. The molecule has 0 unspecified atom stereocenters. The van der Waals surface area contributed by atoms with Crippen molar-refractivity contribution in [3.05, 3.63) is 29.8 Å². The molecule has 0 aliphatic heterocycles. The molecule has 1 fully saturated rings. The van der Waals surface area contributed by atoms with E-state index in [2.05, 4.69) is 12.2 Å². The summed E-state index contributed by atoms with van der Waals surface area (Å²) >= 11 is 0. The molecule has 0 atom stereocenters. The summed E-state index contributed by atoms with van der Waals surface area (Å²) in [5.74, 6) is -0.868. The molecule has 1 aliphatic rings. The fourth-order valence-corrected chi connectivity index (χ4v) is 3.15. The summed E-state index contributed by atoms with van der Waals surface area (Å²) in [6.45, 7) is 2.23. The van der Waals surface area contributed by atoms with Crippen LogP contribution in [0.15, 0.2) is 24.3 Å². The number of hydrogen-bond acceptors (Lipinski definition) is 2. The highest BCUT2D eigenvalue weighted by Gasteiger charge is 2.30. The van der Waals surface area contributed by atoms with Crippen molar-refractivity contribution in [2.45, 2.75) is 57.4 Å². The van der Waals surface area contributed by atoms with Gasteiger partial charge < -0.3 is 10.4 Å². The van der Waals surface area contributed by atoms with Crippen LogP contribution in [0.5, 0.6) is 0 Å². The molecular formula is C16H23NO2. The molecule has 0 radical (unpaired) electrons. The zero-order chi connectivity index (χ0) is 13.7. The zero-order valence-corrected chi connectivity index (χ0v) is 11.6. The van der Waals surface area contributed by atoms with Crippen molar-refractivity contribution in [2.75, 3.05) is 5.32 Å². The van der Waals surface area contributed by atoms with Crippen LogP contribution in [0.4, 0.5) is 5.69 Å². The number of benzene rings is 1. The molecule has 1 aliphatic carbocycles. The second kappa shape index (κ2) is 6.09. The van der Waals surface area contributed by atoms with Crippen molar-refractivity contribution < 1.29 is 9.90 Å². The molecule has 3 nitrogen and oxygen atoms in total. The van der Waals surface area contributed by atoms with Crippen molar-refractivity contribution in [2.24, 2.45) is 0 Å². The first-order chi connectivity index (χ1) is 9.15. The van der Waals surface area contributed by atoms with Crippen molar-refractivity contribution in [3.63, 3.8) is 0 Å². The lowest BCUT2D eigenvalue weighted by Crippen LogP contribution is -2.40. The van der Waals surface area contributed by atoms with Crippen molar-refractivity contribution in [1.29, 1.82) is 0 Å². The molecule has 1 aromatic carbocycles. The molecule has 1 aromatic rings. The van der Waals surface area contributed by atoms with Crippen LogP contribution in [0.25, 0.3) is 0 Å². The number of hydrogen-bond donors (Lipinski definition) is 2. The standard InChI is InChI=1S/C16H23NO2/c1-2-10-16(11-4-3-5-12-16)17-14-8-6-13(7-9-14)15(18)19/h6-9,17H,2-5,10-12H2,1H3,(H,18,19). The fourth-order valence-electron chi connectivity index (χ4n) is 3.15. The quantitative estimate of drug-likeness (QED) is 0.830. The van der Waals surface area contributed by atoms with Gasteiger partial charge in [-0.2, -0.15) is 0 Å². The van der Waals surface area contributed by atoms with Crippen LogP contribution < -0.4 is 5.32 Å². The lowest BCUT2D eigenvalue weighted by Gasteiger charge is -2.39. The minimum Gasteiger partial charge on any atom is -0.478 e. The van der Waals surface area contributed by atoms with Gasteiger partial charge >= 0.3 is 5.97 Å². The third-order valence-electron chi connectivity index (χ3n) is 4.08. The van der Waals surface area contributed by atoms with Gasteiger partial charge in [0.2, 0.25) is 0 Å². The molecule has 19 heavy (non-hydrogen) atoms. The maximum atomic E-state index is 10.8. The number of rotatable bonds is 5. The first-order valence-electron chi connectivity index (χ1n) is 7.27. The number of carboxylic acid groups (broad SMARTS) is 1. The van der Waals surface area contributed by atoms with Gasteiger partial charge in [-0.25, -0.2) is 4.79 Å². The molecule has 0 spiro atoms. The summed E-state index contributed by atoms with van der Waals surface area (Å²) in [5.41, 5.74) is 1.61. The SMILES string of the molecule is CCCC1(Nc2ccc(C(=O)O)cc2)CCCCC1. The van der Waals surface area contributed by atoms with E-state index in [1.165, 1.54) is 44.9 Å². The van der Waals surface area contributed by atoms with E-state index in [9.17, 15) is 4.79 Å². The van der Waals surface area contributed by atoms with Crippen LogP contribution in [0.3, 0.4) is 0 Å². The number of carboxylic acids is 1. The van der Waals surface area contributed by atoms with E-state index >= 15 is 0 Å². The van der Waals surface area contributed by atoms with Gasteiger partial charge in [0.15, 0.2) is 0 Å². The van der Waals surface area contributed by atoms with E-state index in [1.807, 2.05) is 12.1 Å². The summed E-state index contributed by atoms with van der Waals surface area (Å²) in [4.78, 5) is 10.8. The minimum atomic E-state index is -0.868. The maximum absolute atomic E-state index is 10.8. The maximum Gasteiger partial charge on any atom is 0.335 e. The Bertz CT molecular complexity index is 413. The Hall–Kier alpha value is -1.51. The second-order valence-corrected chi connectivity index (χ2v) is 5.60. The van der Waals surface area contributed by atoms with E-state index in [0.717, 1.165) is 5.69 Å². The Kier molecular flexibility index (Phi) is 4.46. The third-order valence-corrected chi connectivity index (χ3v) is 4.08. The highest BCUT2D eigenvalue weighted by atomic mass is 16.4. The third kappa shape index (κ3) is 3.49. The summed E-state index contributed by atoms with van der Waals surface area (Å²) in [6.07, 6.45) is 8.74. The topological polar surface area (TPSA) is 49.3 Å². The van der Waals surface area contributed by atoms with Gasteiger partial charge in [0.25, 0.3) is 0 Å². The number of nitrogens with one attached hydrogen (secondary N) is 1. The predicted molar refractivity (Wildman–Crippen MR) is 77.7 cm³/mol. The summed E-state index contributed by atoms with van der Waals surface area (Å²) < 4.78 is 0. The molecule has 2 rings (SSSR count). The second-order valence-electron chi connectivity index (χ2n) is 5.60. The van der Waals surface area contributed by atoms with Gasteiger partial charge in [-0.15, -0.1) is 0 Å². The molecule has 0 amide bonds. The molecule has 2 N–H and O–H groups in total. The predicted octanol–water partition coefficient (Wildman–Crippen LogP) is 4.30. The highest BCUT2D eigenvalue weighted by Crippen LogP contribution is 2.35. The first kappa shape index (κ1) is 13.9. The lowest BCUT2D eigenvalue weighted by molar-refractivity contribution is 0.0697. The molecule has 1 saturated carbocycles. The molecular weight excluding hydrogens is 238 g/mol. The smallest absolute Gasteiger partial charge is 0.335 e.